The van der Waals surface area contributed by atoms with E-state index in [4.69, 9.17) is 5.26 Å². The Morgan fingerprint density at radius 2 is 1.85 bits per heavy atom. The second-order valence-electron chi connectivity index (χ2n) is 9.97. The van der Waals surface area contributed by atoms with Crippen molar-refractivity contribution < 1.29 is 23.1 Å². The average Bonchev–Trinajstić information content (AvgIpc) is 3.45. The van der Waals surface area contributed by atoms with Crippen LogP contribution in [0.15, 0.2) is 60.9 Å². The van der Waals surface area contributed by atoms with Gasteiger partial charge in [0.25, 0.3) is 5.91 Å². The van der Waals surface area contributed by atoms with Crippen molar-refractivity contribution in [1.29, 1.82) is 5.26 Å². The van der Waals surface area contributed by atoms with Crippen LogP contribution in [0.1, 0.15) is 57.9 Å². The number of aliphatic hydroxyl groups is 1. The lowest BCUT2D eigenvalue weighted by molar-refractivity contribution is -0.141. The number of carbonyl (C=O) groups is 1. The van der Waals surface area contributed by atoms with E-state index in [0.717, 1.165) is 28.3 Å². The van der Waals surface area contributed by atoms with Crippen molar-refractivity contribution in [1.82, 2.24) is 20.3 Å². The zero-order valence-corrected chi connectivity index (χ0v) is 22.7. The van der Waals surface area contributed by atoms with Gasteiger partial charge in [-0.2, -0.15) is 18.4 Å². The Hall–Kier alpha value is -4.34. The number of aromatic nitrogens is 3. The van der Waals surface area contributed by atoms with E-state index < -0.39 is 17.5 Å². The molecular weight excluding hydrogens is 553 g/mol. The first-order valence-corrected chi connectivity index (χ1v) is 13.6. The molecule has 0 aliphatic heterocycles. The number of hydrogen-bond donors (Lipinski definition) is 3. The molecule has 1 amide bonds. The van der Waals surface area contributed by atoms with Gasteiger partial charge in [-0.3, -0.25) is 4.79 Å². The molecule has 3 N–H and O–H groups in total. The quantitative estimate of drug-likeness (QED) is 0.252. The molecule has 8 nitrogen and oxygen atoms in total. The van der Waals surface area contributed by atoms with Gasteiger partial charge >= 0.3 is 6.18 Å². The molecule has 0 saturated heterocycles. The van der Waals surface area contributed by atoms with Crippen molar-refractivity contribution in [3.63, 3.8) is 0 Å². The highest BCUT2D eigenvalue weighted by Gasteiger charge is 2.38. The van der Waals surface area contributed by atoms with Crippen LogP contribution in [0.5, 0.6) is 0 Å². The van der Waals surface area contributed by atoms with Gasteiger partial charge < -0.3 is 15.7 Å². The number of anilines is 2. The van der Waals surface area contributed by atoms with Crippen LogP contribution in [0.4, 0.5) is 24.8 Å². The van der Waals surface area contributed by atoms with Crippen molar-refractivity contribution in [2.45, 2.75) is 50.4 Å². The fourth-order valence-corrected chi connectivity index (χ4v) is 5.79. The van der Waals surface area contributed by atoms with Crippen LogP contribution >= 0.6 is 11.3 Å². The van der Waals surface area contributed by atoms with Crippen molar-refractivity contribution in [3.05, 3.63) is 88.3 Å². The Morgan fingerprint density at radius 3 is 2.54 bits per heavy atom. The smallest absolute Gasteiger partial charge is 0.383 e. The summed E-state index contributed by atoms with van der Waals surface area (Å²) in [7, 11) is 0. The number of amides is 1. The number of rotatable bonds is 6. The number of nitrogens with one attached hydrogen (secondary N) is 2. The summed E-state index contributed by atoms with van der Waals surface area (Å²) < 4.78 is 39.1. The Morgan fingerprint density at radius 1 is 1.12 bits per heavy atom. The van der Waals surface area contributed by atoms with E-state index in [-0.39, 0.29) is 17.9 Å². The number of hydrogen-bond acceptors (Lipinski definition) is 8. The number of aryl methyl sites for hydroxylation is 1. The maximum atomic E-state index is 13.0. The molecule has 1 fully saturated rings. The molecule has 0 unspecified atom stereocenters. The molecular formula is C29H25F3N6O2S. The van der Waals surface area contributed by atoms with Gasteiger partial charge in [0.1, 0.15) is 16.3 Å². The van der Waals surface area contributed by atoms with Gasteiger partial charge in [-0.1, -0.05) is 6.07 Å². The van der Waals surface area contributed by atoms with Crippen LogP contribution in [-0.4, -0.2) is 32.0 Å². The molecule has 1 aliphatic rings. The predicted molar refractivity (Wildman–Crippen MR) is 147 cm³/mol. The highest BCUT2D eigenvalue weighted by atomic mass is 32.1. The molecule has 2 heterocycles. The van der Waals surface area contributed by atoms with Gasteiger partial charge in [0.05, 0.1) is 16.5 Å². The van der Waals surface area contributed by atoms with E-state index in [9.17, 15) is 23.1 Å². The average molecular weight is 579 g/mol. The summed E-state index contributed by atoms with van der Waals surface area (Å²) >= 11 is 1.35. The molecule has 1 aliphatic carbocycles. The highest BCUT2D eigenvalue weighted by molar-refractivity contribution is 7.15. The first-order chi connectivity index (χ1) is 19.5. The number of carbonyl (C=O) groups excluding carboxylic acids is 1. The molecule has 0 radical (unpaired) electrons. The second-order valence-corrected chi connectivity index (χ2v) is 11.0. The minimum absolute atomic E-state index is 0.0960. The Labute approximate surface area is 237 Å². The molecule has 1 saturated carbocycles. The molecule has 12 heteroatoms. The third kappa shape index (κ3) is 6.53. The summed E-state index contributed by atoms with van der Waals surface area (Å²) in [6, 6.07) is 14.6. The van der Waals surface area contributed by atoms with E-state index in [1.54, 1.807) is 42.6 Å². The molecule has 0 bridgehead atoms. The summed E-state index contributed by atoms with van der Waals surface area (Å²) in [6.07, 6.45) is 0.143. The molecule has 4 aromatic rings. The molecule has 2 aromatic carbocycles. The maximum Gasteiger partial charge on any atom is 0.433 e. The van der Waals surface area contributed by atoms with E-state index in [0.29, 0.717) is 47.5 Å². The fourth-order valence-electron chi connectivity index (χ4n) is 4.74. The molecule has 41 heavy (non-hydrogen) atoms. The summed E-state index contributed by atoms with van der Waals surface area (Å²) in [5.41, 5.74) is 0.962. The van der Waals surface area contributed by atoms with Gasteiger partial charge in [-0.05, 0) is 86.2 Å². The summed E-state index contributed by atoms with van der Waals surface area (Å²) in [5.74, 6) is -0.389. The van der Waals surface area contributed by atoms with Gasteiger partial charge in [0.2, 0.25) is 5.95 Å². The lowest BCUT2D eigenvalue weighted by Gasteiger charge is -2.34. The first kappa shape index (κ1) is 28.2. The van der Waals surface area contributed by atoms with E-state index in [1.807, 2.05) is 19.1 Å². The van der Waals surface area contributed by atoms with E-state index >= 15 is 0 Å². The highest BCUT2D eigenvalue weighted by Crippen LogP contribution is 2.41. The third-order valence-electron chi connectivity index (χ3n) is 6.89. The van der Waals surface area contributed by atoms with Gasteiger partial charge in [-0.25, -0.2) is 15.0 Å². The van der Waals surface area contributed by atoms with Crippen LogP contribution in [-0.2, 0) is 11.8 Å². The summed E-state index contributed by atoms with van der Waals surface area (Å²) in [5, 5.41) is 26.8. The van der Waals surface area contributed by atoms with Crippen LogP contribution in [0.2, 0.25) is 0 Å². The topological polar surface area (TPSA) is 124 Å². The Kier molecular flexibility index (Phi) is 7.75. The molecule has 2 aromatic heterocycles. The lowest BCUT2D eigenvalue weighted by Crippen LogP contribution is -2.42. The standard InChI is InChI=1S/C29H25F3N6O2S/c1-17-12-20(14-22(13-17)37-27-34-11-8-24(38-27)29(30,31)32)23-16-35-26(41-23)28(40)9-6-21(7-10-28)36-25(39)19-4-2-18(15-33)3-5-19/h2-5,8,11-14,16,21,40H,6-7,9-10H2,1H3,(H,36,39)(H,34,37,38)/t21-,28-. The zero-order valence-electron chi connectivity index (χ0n) is 21.9. The SMILES string of the molecule is Cc1cc(Nc2nccc(C(F)(F)F)n2)cc(-c2cnc([C@]3(O)CC[C@H](NC(=O)c4ccc(C#N)cc4)CC3)s2)c1. The van der Waals surface area contributed by atoms with Crippen LogP contribution in [0.3, 0.4) is 0 Å². The number of benzene rings is 2. The van der Waals surface area contributed by atoms with Crippen LogP contribution in [0.25, 0.3) is 10.4 Å². The second kappa shape index (κ2) is 11.3. The van der Waals surface area contributed by atoms with Gasteiger partial charge in [0, 0.05) is 29.7 Å². The minimum atomic E-state index is -4.58. The van der Waals surface area contributed by atoms with Gasteiger partial charge in [-0.15, -0.1) is 11.3 Å². The van der Waals surface area contributed by atoms with Crippen molar-refractivity contribution in [3.8, 4) is 16.5 Å². The largest absolute Gasteiger partial charge is 0.433 e. The summed E-state index contributed by atoms with van der Waals surface area (Å²) in [4.78, 5) is 25.4. The van der Waals surface area contributed by atoms with Gasteiger partial charge in [0.15, 0.2) is 0 Å². The number of alkyl halides is 3. The van der Waals surface area contributed by atoms with Crippen molar-refractivity contribution in [2.75, 3.05) is 5.32 Å². The third-order valence-corrected chi connectivity index (χ3v) is 8.13. The normalized spacial score (nSPS) is 18.9. The monoisotopic (exact) mass is 578 g/mol. The predicted octanol–water partition coefficient (Wildman–Crippen LogP) is 6.10. The maximum absolute atomic E-state index is 13.0. The zero-order chi connectivity index (χ0) is 29.2. The lowest BCUT2D eigenvalue weighted by atomic mass is 9.82. The molecule has 0 atom stereocenters. The number of nitriles is 1. The Bertz CT molecular complexity index is 1610. The van der Waals surface area contributed by atoms with Crippen molar-refractivity contribution >= 4 is 28.9 Å². The Balaban J connectivity index is 1.25. The first-order valence-electron chi connectivity index (χ1n) is 12.8. The van der Waals surface area contributed by atoms with Crippen LogP contribution in [0, 0.1) is 18.3 Å². The van der Waals surface area contributed by atoms with E-state index in [1.165, 1.54) is 11.3 Å². The van der Waals surface area contributed by atoms with E-state index in [2.05, 4.69) is 25.6 Å². The molecule has 0 spiro atoms. The minimum Gasteiger partial charge on any atom is -0.383 e. The number of nitrogens with zero attached hydrogens (tertiary/aromatic N) is 4. The molecule has 5 rings (SSSR count). The molecule has 210 valence electrons. The fraction of sp³-hybridized carbons (Fsp3) is 0.276. The summed E-state index contributed by atoms with van der Waals surface area (Å²) in [6.45, 7) is 1.87. The number of halogens is 3. The van der Waals surface area contributed by atoms with Crippen molar-refractivity contribution in [2.24, 2.45) is 0 Å². The number of thiazole rings is 1. The van der Waals surface area contributed by atoms with Crippen LogP contribution < -0.4 is 10.6 Å².